The molecule has 1 amide bonds. The minimum atomic E-state index is -1.39. The van der Waals surface area contributed by atoms with Gasteiger partial charge in [0, 0.05) is 28.8 Å². The Morgan fingerprint density at radius 3 is 2.61 bits per heavy atom. The van der Waals surface area contributed by atoms with Gasteiger partial charge in [-0.3, -0.25) is 9.59 Å². The van der Waals surface area contributed by atoms with Crippen LogP contribution < -0.4 is 10.1 Å². The lowest BCUT2D eigenvalue weighted by atomic mass is 9.89. The van der Waals surface area contributed by atoms with E-state index in [0.29, 0.717) is 22.0 Å². The van der Waals surface area contributed by atoms with Crippen LogP contribution in [0.4, 0.5) is 5.69 Å². The Kier molecular flexibility index (Phi) is 5.91. The number of fused-ring (bicyclic) bond motifs is 1. The van der Waals surface area contributed by atoms with Gasteiger partial charge in [0.1, 0.15) is 11.9 Å². The second-order valence-electron chi connectivity index (χ2n) is 6.80. The number of carbonyl (C=O) groups excluding carboxylic acids is 2. The average molecular weight is 404 g/mol. The number of nitrogens with one attached hydrogen (secondary N) is 1. The molecule has 1 aliphatic heterocycles. The van der Waals surface area contributed by atoms with Crippen molar-refractivity contribution in [2.24, 2.45) is 0 Å². The predicted octanol–water partition coefficient (Wildman–Crippen LogP) is 4.42. The van der Waals surface area contributed by atoms with E-state index in [9.17, 15) is 9.59 Å². The minimum Gasteiger partial charge on any atom is -0.496 e. The van der Waals surface area contributed by atoms with E-state index in [0.717, 1.165) is 11.1 Å². The molecule has 1 heterocycles. The zero-order chi connectivity index (χ0) is 20.4. The summed E-state index contributed by atoms with van der Waals surface area (Å²) in [4.78, 5) is 24.0. The normalized spacial score (nSPS) is 18.9. The summed E-state index contributed by atoms with van der Waals surface area (Å²) in [7, 11) is 1.61. The molecule has 2 aromatic rings. The molecule has 28 heavy (non-hydrogen) atoms. The lowest BCUT2D eigenvalue weighted by molar-refractivity contribution is -0.187. The van der Waals surface area contributed by atoms with Crippen LogP contribution in [-0.4, -0.2) is 25.3 Å². The van der Waals surface area contributed by atoms with Gasteiger partial charge in [-0.25, -0.2) is 0 Å². The lowest BCUT2D eigenvalue weighted by Crippen LogP contribution is -2.33. The van der Waals surface area contributed by atoms with Gasteiger partial charge in [0.05, 0.1) is 7.11 Å². The molecule has 6 nitrogen and oxygen atoms in total. The van der Waals surface area contributed by atoms with E-state index in [1.807, 2.05) is 32.0 Å². The van der Waals surface area contributed by atoms with Crippen LogP contribution in [0.25, 0.3) is 0 Å². The van der Waals surface area contributed by atoms with Crippen molar-refractivity contribution in [1.29, 1.82) is 0 Å². The van der Waals surface area contributed by atoms with Gasteiger partial charge in [-0.05, 0) is 35.7 Å². The Bertz CT molecular complexity index is 912. The molecule has 7 heteroatoms. The molecule has 0 spiro atoms. The maximum atomic E-state index is 12.5. The fourth-order valence-corrected chi connectivity index (χ4v) is 3.55. The largest absolute Gasteiger partial charge is 0.496 e. The summed E-state index contributed by atoms with van der Waals surface area (Å²) >= 11 is 6.22. The molecule has 0 aromatic heterocycles. The summed E-state index contributed by atoms with van der Waals surface area (Å²) in [5.41, 5.74) is 2.97. The molecule has 0 saturated heterocycles. The minimum absolute atomic E-state index is 0.122. The number of ether oxygens (including phenoxy) is 3. The third-order valence-corrected chi connectivity index (χ3v) is 4.72. The molecule has 1 aliphatic rings. The average Bonchev–Trinajstić information content (AvgIpc) is 2.77. The van der Waals surface area contributed by atoms with Gasteiger partial charge >= 0.3 is 5.97 Å². The van der Waals surface area contributed by atoms with Crippen LogP contribution >= 0.6 is 11.6 Å². The number of esters is 1. The second kappa shape index (κ2) is 8.20. The summed E-state index contributed by atoms with van der Waals surface area (Å²) in [6.45, 7) is 5.32. The van der Waals surface area contributed by atoms with Crippen molar-refractivity contribution < 1.29 is 23.8 Å². The maximum Gasteiger partial charge on any atom is 0.305 e. The van der Waals surface area contributed by atoms with Gasteiger partial charge in [0.2, 0.25) is 0 Å². The van der Waals surface area contributed by atoms with E-state index in [1.54, 1.807) is 25.3 Å². The first-order chi connectivity index (χ1) is 13.3. The quantitative estimate of drug-likeness (QED) is 0.765. The molecule has 0 unspecified atom stereocenters. The number of rotatable bonds is 4. The molecule has 3 rings (SSSR count). The highest BCUT2D eigenvalue weighted by Gasteiger charge is 2.35. The number of benzene rings is 2. The van der Waals surface area contributed by atoms with Crippen molar-refractivity contribution in [1.82, 2.24) is 0 Å². The number of carbonyl (C=O) groups is 2. The highest BCUT2D eigenvalue weighted by molar-refractivity contribution is 6.30. The van der Waals surface area contributed by atoms with Crippen LogP contribution in [0.3, 0.4) is 0 Å². The third kappa shape index (κ3) is 3.98. The Labute approximate surface area is 168 Å². The van der Waals surface area contributed by atoms with Crippen molar-refractivity contribution in [2.75, 3.05) is 12.4 Å². The number of methoxy groups -OCH3 is 1. The third-order valence-electron chi connectivity index (χ3n) is 4.48. The Balaban J connectivity index is 2.21. The molecule has 0 saturated carbocycles. The van der Waals surface area contributed by atoms with Crippen molar-refractivity contribution in [2.45, 2.75) is 39.1 Å². The summed E-state index contributed by atoms with van der Waals surface area (Å²) in [5, 5.41) is 3.25. The molecule has 1 N–H and O–H groups in total. The number of hydrogen-bond donors (Lipinski definition) is 1. The molecular weight excluding hydrogens is 382 g/mol. The molecule has 0 radical (unpaired) electrons. The van der Waals surface area contributed by atoms with Gasteiger partial charge in [-0.1, -0.05) is 37.6 Å². The Hall–Kier alpha value is -2.57. The Morgan fingerprint density at radius 1 is 1.21 bits per heavy atom. The fraction of sp³-hybridized carbons (Fsp3) is 0.333. The van der Waals surface area contributed by atoms with Gasteiger partial charge in [0.25, 0.3) is 12.2 Å². The molecule has 0 aliphatic carbocycles. The molecule has 0 fully saturated rings. The van der Waals surface area contributed by atoms with E-state index in [4.69, 9.17) is 25.8 Å². The standard InChI is InChI=1S/C21H22ClNO5/c1-11(2)18-14(6-5-7-17(18)26-4)19-15-10-13(22)8-9-16(15)23-20(25)21(28-19)27-12(3)24/h5-11,19,21H,1-4H3,(H,23,25)/t19-,21+/m0/s1. The smallest absolute Gasteiger partial charge is 0.305 e. The van der Waals surface area contributed by atoms with Gasteiger partial charge in [-0.2, -0.15) is 0 Å². The van der Waals surface area contributed by atoms with Gasteiger partial charge in [-0.15, -0.1) is 0 Å². The topological polar surface area (TPSA) is 73.9 Å². The monoisotopic (exact) mass is 403 g/mol. The van der Waals surface area contributed by atoms with Crippen molar-refractivity contribution in [3.05, 3.63) is 58.1 Å². The van der Waals surface area contributed by atoms with Crippen LogP contribution in [0.1, 0.15) is 49.5 Å². The van der Waals surface area contributed by atoms with E-state index in [2.05, 4.69) is 5.32 Å². The Morgan fingerprint density at radius 2 is 1.96 bits per heavy atom. The van der Waals surface area contributed by atoms with Gasteiger partial charge in [0.15, 0.2) is 0 Å². The first-order valence-electron chi connectivity index (χ1n) is 8.91. The molecular formula is C21H22ClNO5. The van der Waals surface area contributed by atoms with Gasteiger partial charge < -0.3 is 19.5 Å². The number of anilines is 1. The van der Waals surface area contributed by atoms with E-state index >= 15 is 0 Å². The van der Waals surface area contributed by atoms with Crippen molar-refractivity contribution >= 4 is 29.2 Å². The van der Waals surface area contributed by atoms with Crippen LogP contribution in [0, 0.1) is 0 Å². The van der Waals surface area contributed by atoms with Crippen LogP contribution in [0.2, 0.25) is 5.02 Å². The van der Waals surface area contributed by atoms with E-state index in [1.165, 1.54) is 6.92 Å². The summed E-state index contributed by atoms with van der Waals surface area (Å²) in [6, 6.07) is 10.8. The number of hydrogen-bond acceptors (Lipinski definition) is 5. The summed E-state index contributed by atoms with van der Waals surface area (Å²) in [6.07, 6.45) is -2.08. The predicted molar refractivity (Wildman–Crippen MR) is 106 cm³/mol. The molecule has 148 valence electrons. The van der Waals surface area contributed by atoms with Crippen molar-refractivity contribution in [3.63, 3.8) is 0 Å². The van der Waals surface area contributed by atoms with Crippen LogP contribution in [0.5, 0.6) is 5.75 Å². The zero-order valence-corrected chi connectivity index (χ0v) is 16.9. The SMILES string of the molecule is COc1cccc([C@@H]2O[C@@H](OC(C)=O)C(=O)Nc3ccc(Cl)cc32)c1C(C)C. The van der Waals surface area contributed by atoms with Crippen LogP contribution in [0.15, 0.2) is 36.4 Å². The summed E-state index contributed by atoms with van der Waals surface area (Å²) < 4.78 is 16.7. The molecule has 0 bridgehead atoms. The summed E-state index contributed by atoms with van der Waals surface area (Å²) in [5.74, 6) is -0.336. The van der Waals surface area contributed by atoms with Crippen molar-refractivity contribution in [3.8, 4) is 5.75 Å². The second-order valence-corrected chi connectivity index (χ2v) is 7.23. The van der Waals surface area contributed by atoms with Crippen LogP contribution in [-0.2, 0) is 19.1 Å². The number of amides is 1. The zero-order valence-electron chi connectivity index (χ0n) is 16.1. The highest BCUT2D eigenvalue weighted by Crippen LogP contribution is 2.42. The highest BCUT2D eigenvalue weighted by atomic mass is 35.5. The lowest BCUT2D eigenvalue weighted by Gasteiger charge is -2.26. The van der Waals surface area contributed by atoms with E-state index < -0.39 is 24.3 Å². The fourth-order valence-electron chi connectivity index (χ4n) is 3.37. The first kappa shape index (κ1) is 20.2. The molecule has 2 atom stereocenters. The maximum absolute atomic E-state index is 12.5. The first-order valence-corrected chi connectivity index (χ1v) is 9.29. The molecule has 2 aromatic carbocycles. The van der Waals surface area contributed by atoms with E-state index in [-0.39, 0.29) is 5.92 Å². The number of halogens is 1.